The fourth-order valence-electron chi connectivity index (χ4n) is 0.824. The van der Waals surface area contributed by atoms with Gasteiger partial charge in [-0.15, -0.1) is 0 Å². The molecule has 3 N–H and O–H groups in total. The Bertz CT molecular complexity index is 186. The molecule has 0 saturated carbocycles. The van der Waals surface area contributed by atoms with Crippen LogP contribution in [0.1, 0.15) is 17.9 Å². The van der Waals surface area contributed by atoms with E-state index in [0.717, 1.165) is 12.3 Å². The van der Waals surface area contributed by atoms with Gasteiger partial charge in [-0.3, -0.25) is 0 Å². The molecule has 0 saturated heterocycles. The van der Waals surface area contributed by atoms with E-state index in [1.165, 1.54) is 5.69 Å². The van der Waals surface area contributed by atoms with Gasteiger partial charge in [-0.25, -0.2) is 4.98 Å². The highest BCUT2D eigenvalue weighted by Crippen LogP contribution is 2.24. The average molecular weight is 171 g/mol. The monoisotopic (exact) mass is 171 g/mol. The summed E-state index contributed by atoms with van der Waals surface area (Å²) in [5.74, 6) is 1.00. The Kier molecular flexibility index (Phi) is 3.45. The predicted octanol–water partition coefficient (Wildman–Crippen LogP) is 1.16. The van der Waals surface area contributed by atoms with Gasteiger partial charge in [0.1, 0.15) is 0 Å². The molecule has 3 nitrogen and oxygen atoms in total. The topological polar surface area (TPSA) is 54.7 Å². The third-order valence-electron chi connectivity index (χ3n) is 1.44. The molecule has 1 atom stereocenters. The molecular formula is C7H13N3S. The van der Waals surface area contributed by atoms with E-state index in [0.29, 0.717) is 5.25 Å². The Morgan fingerprint density at radius 3 is 3.18 bits per heavy atom. The number of thioether (sulfide) groups is 1. The Morgan fingerprint density at radius 1 is 1.82 bits per heavy atom. The summed E-state index contributed by atoms with van der Waals surface area (Å²) in [6, 6.07) is 0. The zero-order chi connectivity index (χ0) is 8.10. The highest BCUT2D eigenvalue weighted by molar-refractivity contribution is 7.99. The molecule has 1 heterocycles. The maximum absolute atomic E-state index is 5.38. The lowest BCUT2D eigenvalue weighted by atomic mass is 10.4. The van der Waals surface area contributed by atoms with Crippen molar-refractivity contribution in [2.75, 3.05) is 12.3 Å². The fraction of sp³-hybridized carbons (Fsp3) is 0.571. The van der Waals surface area contributed by atoms with Crippen molar-refractivity contribution >= 4 is 11.8 Å². The molecule has 0 aliphatic heterocycles. The van der Waals surface area contributed by atoms with Gasteiger partial charge in [-0.2, -0.15) is 11.8 Å². The summed E-state index contributed by atoms with van der Waals surface area (Å²) in [4.78, 5) is 7.02. The van der Waals surface area contributed by atoms with E-state index in [4.69, 9.17) is 5.73 Å². The fourth-order valence-corrected chi connectivity index (χ4v) is 1.62. The molecule has 0 aromatic carbocycles. The highest BCUT2D eigenvalue weighted by atomic mass is 32.2. The van der Waals surface area contributed by atoms with Crippen LogP contribution in [0.25, 0.3) is 0 Å². The van der Waals surface area contributed by atoms with Crippen molar-refractivity contribution in [1.29, 1.82) is 0 Å². The zero-order valence-electron chi connectivity index (χ0n) is 6.58. The number of H-pyrrole nitrogens is 1. The van der Waals surface area contributed by atoms with Crippen molar-refractivity contribution < 1.29 is 0 Å². The lowest BCUT2D eigenvalue weighted by Crippen LogP contribution is -2.03. The van der Waals surface area contributed by atoms with Crippen LogP contribution in [0.5, 0.6) is 0 Å². The molecule has 0 unspecified atom stereocenters. The lowest BCUT2D eigenvalue weighted by molar-refractivity contribution is 1.02. The molecule has 1 rings (SSSR count). The number of hydrogen-bond donors (Lipinski definition) is 2. The summed E-state index contributed by atoms with van der Waals surface area (Å²) in [5, 5.41) is 0.473. The van der Waals surface area contributed by atoms with Gasteiger partial charge in [-0.1, -0.05) is 0 Å². The summed E-state index contributed by atoms with van der Waals surface area (Å²) in [7, 11) is 0. The van der Waals surface area contributed by atoms with Gasteiger partial charge in [0.15, 0.2) is 0 Å². The third-order valence-corrected chi connectivity index (χ3v) is 2.67. The Hall–Kier alpha value is -0.480. The molecule has 0 spiro atoms. The number of rotatable bonds is 4. The molecule has 1 aromatic heterocycles. The second kappa shape index (κ2) is 4.41. The minimum absolute atomic E-state index is 0.473. The maximum atomic E-state index is 5.38. The molecule has 0 aliphatic carbocycles. The Morgan fingerprint density at radius 2 is 2.64 bits per heavy atom. The standard InChI is InChI=1S/C7H13N3S/c1-6(11-3-2-8)7-4-9-5-10-7/h4-6H,2-3,8H2,1H3,(H,9,10)/t6-/m0/s1. The summed E-state index contributed by atoms with van der Waals surface area (Å²) in [6.07, 6.45) is 3.56. The number of nitrogens with two attached hydrogens (primary N) is 1. The van der Waals surface area contributed by atoms with Gasteiger partial charge in [-0.05, 0) is 6.92 Å². The van der Waals surface area contributed by atoms with Gasteiger partial charge >= 0.3 is 0 Å². The number of imidazole rings is 1. The minimum atomic E-state index is 0.473. The SMILES string of the molecule is C[C@H](SCCN)c1cnc[nH]1. The third kappa shape index (κ3) is 2.55. The van der Waals surface area contributed by atoms with Crippen LogP contribution in [0.15, 0.2) is 12.5 Å². The van der Waals surface area contributed by atoms with E-state index in [9.17, 15) is 0 Å². The smallest absolute Gasteiger partial charge is 0.0922 e. The van der Waals surface area contributed by atoms with E-state index < -0.39 is 0 Å². The van der Waals surface area contributed by atoms with Crippen LogP contribution in [0, 0.1) is 0 Å². The second-order valence-electron chi connectivity index (χ2n) is 2.31. The summed E-state index contributed by atoms with van der Waals surface area (Å²) in [5.41, 5.74) is 6.55. The molecule has 0 radical (unpaired) electrons. The average Bonchev–Trinajstić information content (AvgIpc) is 2.52. The lowest BCUT2D eigenvalue weighted by Gasteiger charge is -2.06. The Labute approximate surface area is 70.8 Å². The van der Waals surface area contributed by atoms with Gasteiger partial charge in [0.2, 0.25) is 0 Å². The molecule has 0 bridgehead atoms. The van der Waals surface area contributed by atoms with Crippen molar-refractivity contribution in [2.24, 2.45) is 5.73 Å². The molecule has 62 valence electrons. The van der Waals surface area contributed by atoms with Gasteiger partial charge in [0.05, 0.1) is 6.33 Å². The van der Waals surface area contributed by atoms with Crippen LogP contribution in [-0.4, -0.2) is 22.3 Å². The van der Waals surface area contributed by atoms with Crippen LogP contribution in [0.3, 0.4) is 0 Å². The van der Waals surface area contributed by atoms with Crippen LogP contribution in [0.2, 0.25) is 0 Å². The molecule has 11 heavy (non-hydrogen) atoms. The van der Waals surface area contributed by atoms with E-state index in [1.54, 1.807) is 6.33 Å². The quantitative estimate of drug-likeness (QED) is 0.715. The van der Waals surface area contributed by atoms with E-state index in [-0.39, 0.29) is 0 Å². The first-order valence-corrected chi connectivity index (χ1v) is 4.69. The molecule has 1 aromatic rings. The van der Waals surface area contributed by atoms with Gasteiger partial charge in [0.25, 0.3) is 0 Å². The first-order valence-electron chi connectivity index (χ1n) is 3.64. The second-order valence-corrected chi connectivity index (χ2v) is 3.76. The predicted molar refractivity (Wildman–Crippen MR) is 48.5 cm³/mol. The maximum Gasteiger partial charge on any atom is 0.0922 e. The number of aromatic amines is 1. The largest absolute Gasteiger partial charge is 0.348 e. The highest BCUT2D eigenvalue weighted by Gasteiger charge is 2.04. The van der Waals surface area contributed by atoms with Crippen molar-refractivity contribution in [3.63, 3.8) is 0 Å². The van der Waals surface area contributed by atoms with Crippen LogP contribution in [0.4, 0.5) is 0 Å². The van der Waals surface area contributed by atoms with Crippen molar-refractivity contribution in [1.82, 2.24) is 9.97 Å². The summed E-state index contributed by atoms with van der Waals surface area (Å²) in [6.45, 7) is 2.89. The van der Waals surface area contributed by atoms with Crippen molar-refractivity contribution in [2.45, 2.75) is 12.2 Å². The zero-order valence-corrected chi connectivity index (χ0v) is 7.40. The van der Waals surface area contributed by atoms with E-state index in [2.05, 4.69) is 16.9 Å². The van der Waals surface area contributed by atoms with Crippen LogP contribution < -0.4 is 5.73 Å². The Balaban J connectivity index is 2.36. The molecular weight excluding hydrogens is 158 g/mol. The van der Waals surface area contributed by atoms with Gasteiger partial charge < -0.3 is 10.7 Å². The number of aromatic nitrogens is 2. The summed E-state index contributed by atoms with van der Waals surface area (Å²) >= 11 is 1.84. The van der Waals surface area contributed by atoms with Gasteiger partial charge in [0, 0.05) is 29.4 Å². The first kappa shape index (κ1) is 8.62. The molecule has 4 heteroatoms. The molecule has 0 fully saturated rings. The number of nitrogens with zero attached hydrogens (tertiary/aromatic N) is 1. The molecule has 0 aliphatic rings. The first-order chi connectivity index (χ1) is 5.34. The minimum Gasteiger partial charge on any atom is -0.348 e. The summed E-state index contributed by atoms with van der Waals surface area (Å²) < 4.78 is 0. The molecule has 0 amide bonds. The van der Waals surface area contributed by atoms with Crippen molar-refractivity contribution in [3.8, 4) is 0 Å². The normalized spacial score (nSPS) is 13.3. The van der Waals surface area contributed by atoms with E-state index >= 15 is 0 Å². The number of nitrogens with one attached hydrogen (secondary N) is 1. The number of hydrogen-bond acceptors (Lipinski definition) is 3. The van der Waals surface area contributed by atoms with Crippen LogP contribution >= 0.6 is 11.8 Å². The van der Waals surface area contributed by atoms with Crippen molar-refractivity contribution in [3.05, 3.63) is 18.2 Å². The van der Waals surface area contributed by atoms with Crippen LogP contribution in [-0.2, 0) is 0 Å². The van der Waals surface area contributed by atoms with E-state index in [1.807, 2.05) is 18.0 Å².